The third-order valence-corrected chi connectivity index (χ3v) is 1.67. The van der Waals surface area contributed by atoms with Gasteiger partial charge in [0.25, 0.3) is 0 Å². The molecule has 70 valence electrons. The van der Waals surface area contributed by atoms with E-state index < -0.39 is 11.9 Å². The van der Waals surface area contributed by atoms with Gasteiger partial charge in [0.1, 0.15) is 5.92 Å². The summed E-state index contributed by atoms with van der Waals surface area (Å²) >= 11 is 0. The number of carbonyl (C=O) groups is 2. The van der Waals surface area contributed by atoms with Gasteiger partial charge in [0.15, 0.2) is 5.78 Å². The summed E-state index contributed by atoms with van der Waals surface area (Å²) in [6.07, 6.45) is 0. The fourth-order valence-electron chi connectivity index (χ4n) is 1.03. The molecule has 4 nitrogen and oxygen atoms in total. The molecule has 4 heteroatoms. The number of Topliss-reactive ketones (excluding diaryl/α,β-unsaturated/α-hetero) is 1. The Morgan fingerprint density at radius 3 is 2.17 bits per heavy atom. The van der Waals surface area contributed by atoms with Gasteiger partial charge < -0.3 is 10.5 Å². The van der Waals surface area contributed by atoms with Crippen LogP contribution < -0.4 is 5.73 Å². The molecule has 0 bridgehead atoms. The van der Waals surface area contributed by atoms with Crippen LogP contribution in [0.25, 0.3) is 0 Å². The Kier molecular flexibility index (Phi) is 4.51. The lowest BCUT2D eigenvalue weighted by molar-refractivity contribution is -0.150. The monoisotopic (exact) mass is 173 g/mol. The van der Waals surface area contributed by atoms with E-state index >= 15 is 0 Å². The fourth-order valence-corrected chi connectivity index (χ4v) is 1.03. The Labute approximate surface area is 72.1 Å². The highest BCUT2D eigenvalue weighted by Gasteiger charge is 2.29. The summed E-state index contributed by atoms with van der Waals surface area (Å²) in [4.78, 5) is 22.2. The van der Waals surface area contributed by atoms with Crippen LogP contribution in [0.5, 0.6) is 0 Å². The van der Waals surface area contributed by atoms with Gasteiger partial charge in [-0.05, 0) is 5.92 Å². The second kappa shape index (κ2) is 4.87. The molecule has 12 heavy (non-hydrogen) atoms. The van der Waals surface area contributed by atoms with Crippen molar-refractivity contribution in [3.8, 4) is 0 Å². The molecular weight excluding hydrogens is 158 g/mol. The number of rotatable bonds is 4. The molecule has 0 amide bonds. The minimum atomic E-state index is -0.708. The predicted molar refractivity (Wildman–Crippen MR) is 44.4 cm³/mol. The van der Waals surface area contributed by atoms with Crippen LogP contribution in [0.15, 0.2) is 0 Å². The second-order valence-electron chi connectivity index (χ2n) is 2.92. The summed E-state index contributed by atoms with van der Waals surface area (Å²) in [6, 6.07) is 0. The van der Waals surface area contributed by atoms with E-state index in [1.165, 1.54) is 7.11 Å². The van der Waals surface area contributed by atoms with Gasteiger partial charge in [-0.1, -0.05) is 13.8 Å². The third kappa shape index (κ3) is 2.62. The van der Waals surface area contributed by atoms with Crippen LogP contribution in [0.1, 0.15) is 13.8 Å². The number of carbonyl (C=O) groups excluding carboxylic acids is 2. The first kappa shape index (κ1) is 11.1. The molecule has 0 aromatic carbocycles. The van der Waals surface area contributed by atoms with Gasteiger partial charge in [0.05, 0.1) is 13.7 Å². The lowest BCUT2D eigenvalue weighted by Gasteiger charge is -2.15. The molecule has 0 aliphatic heterocycles. The van der Waals surface area contributed by atoms with Gasteiger partial charge in [-0.3, -0.25) is 9.59 Å². The van der Waals surface area contributed by atoms with Gasteiger partial charge in [-0.25, -0.2) is 0 Å². The molecule has 0 heterocycles. The molecule has 0 aromatic heterocycles. The maximum Gasteiger partial charge on any atom is 0.316 e. The lowest BCUT2D eigenvalue weighted by atomic mass is 9.92. The highest BCUT2D eigenvalue weighted by Crippen LogP contribution is 2.13. The molecule has 1 unspecified atom stereocenters. The van der Waals surface area contributed by atoms with E-state index in [1.807, 2.05) is 0 Å². The molecule has 1 atom stereocenters. The average Bonchev–Trinajstić information content (AvgIpc) is 2.03. The molecule has 0 saturated carbocycles. The topological polar surface area (TPSA) is 69.4 Å². The van der Waals surface area contributed by atoms with Gasteiger partial charge in [0.2, 0.25) is 0 Å². The summed E-state index contributed by atoms with van der Waals surface area (Å²) in [5.74, 6) is -1.54. The van der Waals surface area contributed by atoms with E-state index in [4.69, 9.17) is 5.73 Å². The summed E-state index contributed by atoms with van der Waals surface area (Å²) in [5.41, 5.74) is 5.15. The first-order chi connectivity index (χ1) is 5.54. The Morgan fingerprint density at radius 1 is 1.42 bits per heavy atom. The Morgan fingerprint density at radius 2 is 1.92 bits per heavy atom. The molecule has 0 rings (SSSR count). The minimum absolute atomic E-state index is 0.0616. The third-order valence-electron chi connectivity index (χ3n) is 1.67. The molecule has 0 spiro atoms. The Balaban J connectivity index is 4.43. The number of nitrogens with two attached hydrogens (primary N) is 1. The van der Waals surface area contributed by atoms with E-state index in [0.29, 0.717) is 0 Å². The van der Waals surface area contributed by atoms with Gasteiger partial charge in [-0.15, -0.1) is 0 Å². The van der Waals surface area contributed by atoms with E-state index in [0.717, 1.165) is 0 Å². The summed E-state index contributed by atoms with van der Waals surface area (Å²) < 4.78 is 4.48. The highest BCUT2D eigenvalue weighted by molar-refractivity contribution is 6.00. The summed E-state index contributed by atoms with van der Waals surface area (Å²) in [6.45, 7) is 3.46. The lowest BCUT2D eigenvalue weighted by Crippen LogP contribution is -2.34. The van der Waals surface area contributed by atoms with Crippen molar-refractivity contribution in [1.29, 1.82) is 0 Å². The van der Waals surface area contributed by atoms with Crippen LogP contribution in [-0.2, 0) is 14.3 Å². The van der Waals surface area contributed by atoms with E-state index in [9.17, 15) is 9.59 Å². The zero-order valence-electron chi connectivity index (χ0n) is 7.66. The number of methoxy groups -OCH3 is 1. The van der Waals surface area contributed by atoms with Gasteiger partial charge in [0, 0.05) is 0 Å². The molecule has 2 N–H and O–H groups in total. The van der Waals surface area contributed by atoms with Crippen LogP contribution in [0.4, 0.5) is 0 Å². The fraction of sp³-hybridized carbons (Fsp3) is 0.750. The summed E-state index contributed by atoms with van der Waals surface area (Å²) in [5, 5.41) is 0. The van der Waals surface area contributed by atoms with Gasteiger partial charge >= 0.3 is 5.97 Å². The van der Waals surface area contributed by atoms with Crippen molar-refractivity contribution in [2.75, 3.05) is 13.7 Å². The second-order valence-corrected chi connectivity index (χ2v) is 2.92. The first-order valence-corrected chi connectivity index (χ1v) is 3.85. The Bertz CT molecular complexity index is 161. The molecule has 0 radical (unpaired) electrons. The van der Waals surface area contributed by atoms with Crippen molar-refractivity contribution in [3.05, 3.63) is 0 Å². The molecule has 0 saturated heterocycles. The SMILES string of the molecule is COC(=O)C(C(=O)CN)C(C)C. The zero-order valence-corrected chi connectivity index (χ0v) is 7.66. The van der Waals surface area contributed by atoms with Crippen molar-refractivity contribution in [2.45, 2.75) is 13.8 Å². The van der Waals surface area contributed by atoms with Crippen molar-refractivity contribution in [2.24, 2.45) is 17.6 Å². The van der Waals surface area contributed by atoms with Crippen LogP contribution >= 0.6 is 0 Å². The summed E-state index contributed by atoms with van der Waals surface area (Å²) in [7, 11) is 1.27. The minimum Gasteiger partial charge on any atom is -0.468 e. The number of ketones is 1. The average molecular weight is 173 g/mol. The zero-order chi connectivity index (χ0) is 9.72. The molecule has 0 aliphatic carbocycles. The number of hydrogen-bond acceptors (Lipinski definition) is 4. The maximum atomic E-state index is 11.1. The number of ether oxygens (including phenoxy) is 1. The maximum absolute atomic E-state index is 11.1. The van der Waals surface area contributed by atoms with E-state index in [1.54, 1.807) is 13.8 Å². The molecular formula is C8H15NO3. The quantitative estimate of drug-likeness (QED) is 0.478. The number of hydrogen-bond donors (Lipinski definition) is 1. The van der Waals surface area contributed by atoms with Crippen LogP contribution in [0.3, 0.4) is 0 Å². The van der Waals surface area contributed by atoms with Crippen LogP contribution in [0, 0.1) is 11.8 Å². The van der Waals surface area contributed by atoms with Crippen molar-refractivity contribution >= 4 is 11.8 Å². The molecule has 0 fully saturated rings. The van der Waals surface area contributed by atoms with Gasteiger partial charge in [-0.2, -0.15) is 0 Å². The smallest absolute Gasteiger partial charge is 0.316 e. The van der Waals surface area contributed by atoms with Crippen LogP contribution in [-0.4, -0.2) is 25.4 Å². The van der Waals surface area contributed by atoms with Crippen molar-refractivity contribution in [1.82, 2.24) is 0 Å². The Hall–Kier alpha value is -0.900. The number of esters is 1. The predicted octanol–water partition coefficient (Wildman–Crippen LogP) is -0.0406. The largest absolute Gasteiger partial charge is 0.468 e. The standard InChI is InChI=1S/C8H15NO3/c1-5(2)7(6(10)4-9)8(11)12-3/h5,7H,4,9H2,1-3H3. The van der Waals surface area contributed by atoms with Crippen molar-refractivity contribution in [3.63, 3.8) is 0 Å². The molecule has 0 aliphatic rings. The van der Waals surface area contributed by atoms with E-state index in [-0.39, 0.29) is 18.2 Å². The highest BCUT2D eigenvalue weighted by atomic mass is 16.5. The molecule has 0 aromatic rings. The normalized spacial score (nSPS) is 12.8. The van der Waals surface area contributed by atoms with Crippen molar-refractivity contribution < 1.29 is 14.3 Å². The van der Waals surface area contributed by atoms with Crippen LogP contribution in [0.2, 0.25) is 0 Å². The van der Waals surface area contributed by atoms with E-state index in [2.05, 4.69) is 4.74 Å². The first-order valence-electron chi connectivity index (χ1n) is 3.85.